The average molecular weight is 602 g/mol. The first-order valence-corrected chi connectivity index (χ1v) is 11.7. The first-order valence-electron chi connectivity index (χ1n) is 10.3. The van der Waals surface area contributed by atoms with E-state index in [0.29, 0.717) is 31.3 Å². The quantitative estimate of drug-likeness (QED) is 0.174. The summed E-state index contributed by atoms with van der Waals surface area (Å²) < 4.78 is 16.4. The summed E-state index contributed by atoms with van der Waals surface area (Å²) in [6, 6.07) is 8.60. The van der Waals surface area contributed by atoms with Crippen molar-refractivity contribution in [2.75, 3.05) is 25.6 Å². The second-order valence-electron chi connectivity index (χ2n) is 6.93. The zero-order valence-corrected chi connectivity index (χ0v) is 21.9. The molecule has 182 valence electrons. The van der Waals surface area contributed by atoms with Crippen LogP contribution in [0, 0.1) is 10.5 Å². The second-order valence-corrected chi connectivity index (χ2v) is 8.50. The number of methoxy groups -OCH3 is 1. The topological polar surface area (TPSA) is 115 Å². The summed E-state index contributed by atoms with van der Waals surface area (Å²) in [6.45, 7) is 3.61. The van der Waals surface area contributed by atoms with E-state index < -0.39 is 11.9 Å². The molecule has 0 saturated carbocycles. The van der Waals surface area contributed by atoms with Gasteiger partial charge in [0.05, 0.1) is 23.5 Å². The maximum absolute atomic E-state index is 12.1. The predicted molar refractivity (Wildman–Crippen MR) is 138 cm³/mol. The van der Waals surface area contributed by atoms with Crippen LogP contribution in [0.25, 0.3) is 0 Å². The molecule has 0 bridgehead atoms. The van der Waals surface area contributed by atoms with Crippen molar-refractivity contribution in [3.63, 3.8) is 0 Å². The van der Waals surface area contributed by atoms with Crippen molar-refractivity contribution < 1.29 is 28.6 Å². The van der Waals surface area contributed by atoms with Crippen LogP contribution in [0.4, 0.5) is 5.69 Å². The van der Waals surface area contributed by atoms with E-state index in [1.807, 2.05) is 29.5 Å². The highest BCUT2D eigenvalue weighted by atomic mass is 127. The minimum Gasteiger partial charge on any atom is -0.493 e. The van der Waals surface area contributed by atoms with E-state index in [-0.39, 0.29) is 32.0 Å². The number of amides is 2. The Morgan fingerprint density at radius 2 is 1.88 bits per heavy atom. The van der Waals surface area contributed by atoms with Gasteiger partial charge in [-0.2, -0.15) is 5.10 Å². The second kappa shape index (κ2) is 13.8. The van der Waals surface area contributed by atoms with Crippen molar-refractivity contribution in [3.8, 4) is 11.5 Å². The van der Waals surface area contributed by atoms with Gasteiger partial charge < -0.3 is 19.5 Å². The lowest BCUT2D eigenvalue weighted by molar-refractivity contribution is -0.145. The van der Waals surface area contributed by atoms with Gasteiger partial charge >= 0.3 is 5.97 Å². The molecule has 2 aromatic rings. The Balaban J connectivity index is 1.87. The summed E-state index contributed by atoms with van der Waals surface area (Å²) in [7, 11) is 1.47. The van der Waals surface area contributed by atoms with E-state index >= 15 is 0 Å². The number of esters is 1. The molecule has 34 heavy (non-hydrogen) atoms. The molecular formula is C23H25ClIN3O6. The van der Waals surface area contributed by atoms with Gasteiger partial charge in [0.25, 0.3) is 0 Å². The number of aryl methyl sites for hydroxylation is 1. The van der Waals surface area contributed by atoms with Crippen LogP contribution in [0.5, 0.6) is 11.5 Å². The number of rotatable bonds is 11. The molecule has 9 nitrogen and oxygen atoms in total. The monoisotopic (exact) mass is 601 g/mol. The maximum Gasteiger partial charge on any atom is 0.344 e. The zero-order valence-electron chi connectivity index (χ0n) is 18.9. The number of anilines is 1. The van der Waals surface area contributed by atoms with Crippen LogP contribution >= 0.6 is 34.2 Å². The summed E-state index contributed by atoms with van der Waals surface area (Å²) >= 11 is 8.09. The molecule has 0 aliphatic carbocycles. The van der Waals surface area contributed by atoms with Crippen LogP contribution in [0.3, 0.4) is 0 Å². The van der Waals surface area contributed by atoms with Gasteiger partial charge in [-0.1, -0.05) is 17.7 Å². The number of ether oxygens (including phenoxy) is 3. The summed E-state index contributed by atoms with van der Waals surface area (Å²) in [5, 5.41) is 7.17. The normalized spacial score (nSPS) is 10.6. The van der Waals surface area contributed by atoms with E-state index in [1.54, 1.807) is 37.3 Å². The van der Waals surface area contributed by atoms with Gasteiger partial charge in [-0.05, 0) is 71.8 Å². The van der Waals surface area contributed by atoms with Gasteiger partial charge in [-0.15, -0.1) is 0 Å². The van der Waals surface area contributed by atoms with Gasteiger partial charge in [0.2, 0.25) is 11.8 Å². The number of hydrogen-bond donors (Lipinski definition) is 2. The van der Waals surface area contributed by atoms with Crippen LogP contribution in [0.1, 0.15) is 30.9 Å². The van der Waals surface area contributed by atoms with Gasteiger partial charge in [0.15, 0.2) is 18.1 Å². The highest BCUT2D eigenvalue weighted by Gasteiger charge is 2.14. The Kier molecular flexibility index (Phi) is 11.1. The minimum absolute atomic E-state index is 0.00886. The SMILES string of the molecule is CCOC(=O)COc1c(I)cc(C=NNC(=O)CCC(=O)Nc2ccc(C)c(Cl)c2)cc1OC. The Morgan fingerprint density at radius 3 is 2.56 bits per heavy atom. The van der Waals surface area contributed by atoms with E-state index in [4.69, 9.17) is 25.8 Å². The highest BCUT2D eigenvalue weighted by molar-refractivity contribution is 14.1. The number of carbonyl (C=O) groups excluding carboxylic acids is 3. The lowest BCUT2D eigenvalue weighted by Crippen LogP contribution is -2.20. The molecule has 0 aliphatic heterocycles. The third-order valence-electron chi connectivity index (χ3n) is 4.33. The average Bonchev–Trinajstić information content (AvgIpc) is 2.79. The van der Waals surface area contributed by atoms with Crippen LogP contribution in [0.2, 0.25) is 5.02 Å². The molecule has 0 aromatic heterocycles. The highest BCUT2D eigenvalue weighted by Crippen LogP contribution is 2.33. The number of halogens is 2. The summed E-state index contributed by atoms with van der Waals surface area (Å²) in [4.78, 5) is 35.6. The smallest absolute Gasteiger partial charge is 0.344 e. The molecule has 0 unspecified atom stereocenters. The first kappa shape index (κ1) is 27.4. The van der Waals surface area contributed by atoms with Gasteiger partial charge in [0, 0.05) is 23.6 Å². The third-order valence-corrected chi connectivity index (χ3v) is 5.54. The Labute approximate surface area is 216 Å². The molecule has 0 radical (unpaired) electrons. The predicted octanol–water partition coefficient (Wildman–Crippen LogP) is 4.07. The van der Waals surface area contributed by atoms with Crippen molar-refractivity contribution >= 4 is 63.9 Å². The zero-order chi connectivity index (χ0) is 25.1. The van der Waals surface area contributed by atoms with Crippen LogP contribution in [-0.4, -0.2) is 44.3 Å². The largest absolute Gasteiger partial charge is 0.493 e. The van der Waals surface area contributed by atoms with Crippen molar-refractivity contribution in [2.45, 2.75) is 26.7 Å². The lowest BCUT2D eigenvalue weighted by atomic mass is 10.2. The Bertz CT molecular complexity index is 1080. The number of nitrogens with one attached hydrogen (secondary N) is 2. The van der Waals surface area contributed by atoms with Crippen LogP contribution in [0.15, 0.2) is 35.4 Å². The standard InChI is InChI=1S/C23H25ClIN3O6/c1-4-33-22(31)13-34-23-18(25)9-15(10-19(23)32-3)12-26-28-21(30)8-7-20(29)27-16-6-5-14(2)17(24)11-16/h5-6,9-12H,4,7-8,13H2,1-3H3,(H,27,29)(H,28,30). The fourth-order valence-electron chi connectivity index (χ4n) is 2.64. The Hall–Kier alpha value is -2.86. The molecule has 2 rings (SSSR count). The van der Waals surface area contributed by atoms with Gasteiger partial charge in [0.1, 0.15) is 0 Å². The van der Waals surface area contributed by atoms with Gasteiger partial charge in [-0.25, -0.2) is 10.2 Å². The molecule has 0 aliphatic rings. The fourth-order valence-corrected chi connectivity index (χ4v) is 3.61. The summed E-state index contributed by atoms with van der Waals surface area (Å²) in [6.07, 6.45) is 1.39. The summed E-state index contributed by atoms with van der Waals surface area (Å²) in [5.41, 5.74) is 4.50. The van der Waals surface area contributed by atoms with E-state index in [9.17, 15) is 14.4 Å². The molecule has 11 heteroatoms. The first-order chi connectivity index (χ1) is 16.2. The third kappa shape index (κ3) is 8.82. The van der Waals surface area contributed by atoms with Crippen LogP contribution < -0.4 is 20.2 Å². The number of hydrogen-bond acceptors (Lipinski definition) is 7. The molecule has 2 aromatic carbocycles. The van der Waals surface area contributed by atoms with Crippen molar-refractivity contribution in [3.05, 3.63) is 50.1 Å². The maximum atomic E-state index is 12.1. The van der Waals surface area contributed by atoms with E-state index in [1.165, 1.54) is 13.3 Å². The molecular weight excluding hydrogens is 577 g/mol. The van der Waals surface area contributed by atoms with Crippen molar-refractivity contribution in [1.82, 2.24) is 5.43 Å². The number of carbonyl (C=O) groups is 3. The molecule has 0 fully saturated rings. The number of nitrogens with zero attached hydrogens (tertiary/aromatic N) is 1. The summed E-state index contributed by atoms with van der Waals surface area (Å²) in [5.74, 6) is -0.402. The molecule has 2 amide bonds. The number of hydrazone groups is 1. The van der Waals surface area contributed by atoms with E-state index in [2.05, 4.69) is 15.8 Å². The molecule has 2 N–H and O–H groups in total. The molecule has 0 spiro atoms. The van der Waals surface area contributed by atoms with Crippen LogP contribution in [-0.2, 0) is 19.1 Å². The molecule has 0 saturated heterocycles. The lowest BCUT2D eigenvalue weighted by Gasteiger charge is -2.13. The van der Waals surface area contributed by atoms with Gasteiger partial charge in [-0.3, -0.25) is 9.59 Å². The molecule has 0 atom stereocenters. The van der Waals surface area contributed by atoms with E-state index in [0.717, 1.165) is 5.56 Å². The number of benzene rings is 2. The fraction of sp³-hybridized carbons (Fsp3) is 0.304. The van der Waals surface area contributed by atoms with Crippen molar-refractivity contribution in [2.24, 2.45) is 5.10 Å². The minimum atomic E-state index is -0.481. The molecule has 0 heterocycles. The van der Waals surface area contributed by atoms with Crippen molar-refractivity contribution in [1.29, 1.82) is 0 Å². The Morgan fingerprint density at radius 1 is 1.15 bits per heavy atom.